The molecule has 1 rings (SSSR count). The van der Waals surface area contributed by atoms with Gasteiger partial charge in [0.1, 0.15) is 9.84 Å². The summed E-state index contributed by atoms with van der Waals surface area (Å²) in [6.07, 6.45) is 0.406. The Morgan fingerprint density at radius 1 is 1.39 bits per heavy atom. The predicted octanol–water partition coefficient (Wildman–Crippen LogP) is 2.85. The van der Waals surface area contributed by atoms with Gasteiger partial charge in [0.15, 0.2) is 0 Å². The molecular formula is C13H19IO3S. The minimum atomic E-state index is -2.93. The van der Waals surface area contributed by atoms with Crippen LogP contribution in [0.3, 0.4) is 0 Å². The zero-order valence-electron chi connectivity index (χ0n) is 10.7. The Kier molecular flexibility index (Phi) is 6.07. The molecular weight excluding hydrogens is 363 g/mol. The molecule has 0 amide bonds. The van der Waals surface area contributed by atoms with Crippen LogP contribution >= 0.6 is 22.6 Å². The third-order valence-electron chi connectivity index (χ3n) is 2.95. The Morgan fingerprint density at radius 3 is 2.67 bits per heavy atom. The summed E-state index contributed by atoms with van der Waals surface area (Å²) in [6.45, 7) is 3.65. The standard InChI is InChI=1S/C13H19IO3S/c1-3-18(16,17)9-5-8-12(15)11-7-4-6-10(2)13(11)14/h4,6-7,12,15H,3,5,8-9H2,1-2H3. The number of rotatable bonds is 6. The second-order valence-electron chi connectivity index (χ2n) is 4.37. The molecule has 102 valence electrons. The van der Waals surface area contributed by atoms with Crippen LogP contribution in [0.15, 0.2) is 18.2 Å². The number of hydrogen-bond acceptors (Lipinski definition) is 3. The summed E-state index contributed by atoms with van der Waals surface area (Å²) in [5.41, 5.74) is 2.03. The van der Waals surface area contributed by atoms with E-state index < -0.39 is 15.9 Å². The molecule has 0 aliphatic heterocycles. The van der Waals surface area contributed by atoms with Crippen molar-refractivity contribution in [3.05, 3.63) is 32.9 Å². The smallest absolute Gasteiger partial charge is 0.150 e. The van der Waals surface area contributed by atoms with E-state index in [1.165, 1.54) is 0 Å². The van der Waals surface area contributed by atoms with Crippen LogP contribution in [0.25, 0.3) is 0 Å². The summed E-state index contributed by atoms with van der Waals surface area (Å²) >= 11 is 2.22. The van der Waals surface area contributed by atoms with Crippen LogP contribution in [0.2, 0.25) is 0 Å². The summed E-state index contributed by atoms with van der Waals surface area (Å²) in [6, 6.07) is 5.81. The average Bonchev–Trinajstić information content (AvgIpc) is 2.32. The fourth-order valence-electron chi connectivity index (χ4n) is 1.72. The fraction of sp³-hybridized carbons (Fsp3) is 0.538. The van der Waals surface area contributed by atoms with Crippen molar-refractivity contribution < 1.29 is 13.5 Å². The van der Waals surface area contributed by atoms with E-state index in [1.54, 1.807) is 6.92 Å². The molecule has 1 unspecified atom stereocenters. The Balaban J connectivity index is 2.61. The van der Waals surface area contributed by atoms with Gasteiger partial charge in [-0.25, -0.2) is 8.42 Å². The molecule has 5 heteroatoms. The van der Waals surface area contributed by atoms with E-state index in [0.29, 0.717) is 12.8 Å². The Labute approximate surface area is 123 Å². The van der Waals surface area contributed by atoms with Crippen molar-refractivity contribution in [2.24, 2.45) is 0 Å². The summed E-state index contributed by atoms with van der Waals surface area (Å²) in [5.74, 6) is 0.327. The van der Waals surface area contributed by atoms with E-state index in [2.05, 4.69) is 22.6 Å². The number of aryl methyl sites for hydroxylation is 1. The van der Waals surface area contributed by atoms with Gasteiger partial charge in [0.2, 0.25) is 0 Å². The SMILES string of the molecule is CCS(=O)(=O)CCCC(O)c1cccc(C)c1I. The lowest BCUT2D eigenvalue weighted by Crippen LogP contribution is -2.10. The van der Waals surface area contributed by atoms with Gasteiger partial charge in [-0.1, -0.05) is 25.1 Å². The molecule has 1 atom stereocenters. The molecule has 0 bridgehead atoms. The third-order valence-corrected chi connectivity index (χ3v) is 6.22. The van der Waals surface area contributed by atoms with Crippen molar-refractivity contribution in [3.63, 3.8) is 0 Å². The van der Waals surface area contributed by atoms with Crippen LogP contribution in [-0.4, -0.2) is 25.0 Å². The van der Waals surface area contributed by atoms with Gasteiger partial charge in [-0.2, -0.15) is 0 Å². The number of hydrogen-bond donors (Lipinski definition) is 1. The number of aliphatic hydroxyl groups is 1. The highest BCUT2D eigenvalue weighted by Gasteiger charge is 2.14. The molecule has 1 N–H and O–H groups in total. The second kappa shape index (κ2) is 6.86. The van der Waals surface area contributed by atoms with E-state index in [1.807, 2.05) is 25.1 Å². The molecule has 0 aliphatic rings. The first kappa shape index (κ1) is 15.9. The molecule has 0 fully saturated rings. The first-order valence-electron chi connectivity index (χ1n) is 6.01. The van der Waals surface area contributed by atoms with Crippen molar-refractivity contribution in [1.29, 1.82) is 0 Å². The summed E-state index contributed by atoms with van der Waals surface area (Å²) in [4.78, 5) is 0. The van der Waals surface area contributed by atoms with E-state index in [-0.39, 0.29) is 11.5 Å². The summed E-state index contributed by atoms with van der Waals surface area (Å²) in [7, 11) is -2.93. The van der Waals surface area contributed by atoms with Gasteiger partial charge in [-0.05, 0) is 53.5 Å². The van der Waals surface area contributed by atoms with Crippen LogP contribution in [-0.2, 0) is 9.84 Å². The first-order chi connectivity index (χ1) is 8.37. The number of aliphatic hydroxyl groups excluding tert-OH is 1. The maximum Gasteiger partial charge on any atom is 0.150 e. The van der Waals surface area contributed by atoms with Crippen LogP contribution in [0.5, 0.6) is 0 Å². The van der Waals surface area contributed by atoms with Gasteiger partial charge in [0, 0.05) is 9.32 Å². The predicted molar refractivity (Wildman–Crippen MR) is 82.4 cm³/mol. The van der Waals surface area contributed by atoms with Gasteiger partial charge in [0.25, 0.3) is 0 Å². The van der Waals surface area contributed by atoms with Crippen LogP contribution in [0.4, 0.5) is 0 Å². The van der Waals surface area contributed by atoms with Crippen LogP contribution in [0.1, 0.15) is 37.0 Å². The lowest BCUT2D eigenvalue weighted by Gasteiger charge is -2.14. The van der Waals surface area contributed by atoms with Crippen LogP contribution < -0.4 is 0 Å². The van der Waals surface area contributed by atoms with Gasteiger partial charge in [-0.3, -0.25) is 0 Å². The monoisotopic (exact) mass is 382 g/mol. The largest absolute Gasteiger partial charge is 0.388 e. The zero-order valence-corrected chi connectivity index (χ0v) is 13.7. The van der Waals surface area contributed by atoms with Gasteiger partial charge < -0.3 is 5.11 Å². The Bertz CT molecular complexity index is 497. The lowest BCUT2D eigenvalue weighted by atomic mass is 10.0. The molecule has 3 nitrogen and oxygen atoms in total. The zero-order chi connectivity index (χ0) is 13.8. The van der Waals surface area contributed by atoms with Crippen molar-refractivity contribution in [2.45, 2.75) is 32.8 Å². The molecule has 1 aromatic carbocycles. The normalized spacial score (nSPS) is 13.6. The second-order valence-corrected chi connectivity index (χ2v) is 7.92. The van der Waals surface area contributed by atoms with Gasteiger partial charge >= 0.3 is 0 Å². The molecule has 1 aromatic rings. The summed E-state index contributed by atoms with van der Waals surface area (Å²) < 4.78 is 23.8. The highest BCUT2D eigenvalue weighted by Crippen LogP contribution is 2.26. The maximum absolute atomic E-state index is 11.4. The fourth-order valence-corrected chi connectivity index (χ4v) is 3.34. The Hall–Kier alpha value is -0.140. The molecule has 0 heterocycles. The minimum Gasteiger partial charge on any atom is -0.388 e. The lowest BCUT2D eigenvalue weighted by molar-refractivity contribution is 0.166. The minimum absolute atomic E-state index is 0.156. The van der Waals surface area contributed by atoms with Crippen molar-refractivity contribution >= 4 is 32.4 Å². The highest BCUT2D eigenvalue weighted by atomic mass is 127. The highest BCUT2D eigenvalue weighted by molar-refractivity contribution is 14.1. The number of sulfone groups is 1. The molecule has 0 aliphatic carbocycles. The number of benzene rings is 1. The molecule has 0 aromatic heterocycles. The van der Waals surface area contributed by atoms with Crippen molar-refractivity contribution in [2.75, 3.05) is 11.5 Å². The van der Waals surface area contributed by atoms with Crippen LogP contribution in [0, 0.1) is 10.5 Å². The topological polar surface area (TPSA) is 54.4 Å². The first-order valence-corrected chi connectivity index (χ1v) is 8.91. The van der Waals surface area contributed by atoms with Crippen molar-refractivity contribution in [3.8, 4) is 0 Å². The number of halogens is 1. The molecule has 0 saturated heterocycles. The third kappa shape index (κ3) is 4.51. The Morgan fingerprint density at radius 2 is 2.06 bits per heavy atom. The molecule has 18 heavy (non-hydrogen) atoms. The molecule has 0 spiro atoms. The average molecular weight is 382 g/mol. The van der Waals surface area contributed by atoms with Gasteiger partial charge in [0.05, 0.1) is 11.9 Å². The van der Waals surface area contributed by atoms with E-state index in [4.69, 9.17) is 0 Å². The van der Waals surface area contributed by atoms with E-state index >= 15 is 0 Å². The molecule has 0 saturated carbocycles. The molecule has 0 radical (unpaired) electrons. The van der Waals surface area contributed by atoms with Gasteiger partial charge in [-0.15, -0.1) is 0 Å². The van der Waals surface area contributed by atoms with Crippen molar-refractivity contribution in [1.82, 2.24) is 0 Å². The quantitative estimate of drug-likeness (QED) is 0.770. The van der Waals surface area contributed by atoms with E-state index in [0.717, 1.165) is 14.7 Å². The summed E-state index contributed by atoms with van der Waals surface area (Å²) in [5, 5.41) is 10.1. The maximum atomic E-state index is 11.4. The van der Waals surface area contributed by atoms with E-state index in [9.17, 15) is 13.5 Å².